The number of hydrogen-bond acceptors (Lipinski definition) is 5. The van der Waals surface area contributed by atoms with Crippen LogP contribution in [0.1, 0.15) is 38.2 Å². The molecule has 0 aliphatic heterocycles. The smallest absolute Gasteiger partial charge is 0.264 e. The molecule has 0 spiro atoms. The normalized spacial score (nSPS) is 14.4. The van der Waals surface area contributed by atoms with Gasteiger partial charge in [-0.15, -0.1) is 0 Å². The minimum atomic E-state index is -4.10. The van der Waals surface area contributed by atoms with Gasteiger partial charge in [-0.2, -0.15) is 0 Å². The molecular weight excluding hydrogens is 594 g/mol. The molecule has 1 aliphatic rings. The molecule has 0 saturated heterocycles. The van der Waals surface area contributed by atoms with Gasteiger partial charge in [0.1, 0.15) is 18.3 Å². The van der Waals surface area contributed by atoms with Gasteiger partial charge in [-0.3, -0.25) is 13.9 Å². The van der Waals surface area contributed by atoms with Crippen molar-refractivity contribution in [3.8, 4) is 5.75 Å². The van der Waals surface area contributed by atoms with E-state index in [4.69, 9.17) is 4.74 Å². The number of carbonyl (C=O) groups excluding carboxylic acids is 2. The lowest BCUT2D eigenvalue weighted by molar-refractivity contribution is -0.139. The summed E-state index contributed by atoms with van der Waals surface area (Å²) in [4.78, 5) is 28.8. The van der Waals surface area contributed by atoms with E-state index in [2.05, 4.69) is 21.2 Å². The van der Waals surface area contributed by atoms with Crippen molar-refractivity contribution in [1.82, 2.24) is 10.2 Å². The summed E-state index contributed by atoms with van der Waals surface area (Å²) in [7, 11) is -2.52. The van der Waals surface area contributed by atoms with Crippen LogP contribution in [0.5, 0.6) is 5.75 Å². The number of amides is 2. The number of sulfonamides is 1. The largest absolute Gasteiger partial charge is 0.497 e. The molecule has 0 aromatic heterocycles. The van der Waals surface area contributed by atoms with Crippen LogP contribution in [0.2, 0.25) is 0 Å². The summed E-state index contributed by atoms with van der Waals surface area (Å²) >= 11 is 3.41. The van der Waals surface area contributed by atoms with Crippen LogP contribution in [0.25, 0.3) is 0 Å². The molecule has 10 heteroatoms. The zero-order valence-electron chi connectivity index (χ0n) is 22.6. The zero-order chi connectivity index (χ0) is 28.7. The lowest BCUT2D eigenvalue weighted by atomic mass is 10.1. The van der Waals surface area contributed by atoms with Crippen molar-refractivity contribution in [3.05, 3.63) is 88.9 Å². The van der Waals surface area contributed by atoms with Crippen molar-refractivity contribution in [2.75, 3.05) is 18.0 Å². The van der Waals surface area contributed by atoms with Gasteiger partial charge in [0.25, 0.3) is 10.0 Å². The Morgan fingerprint density at radius 2 is 1.68 bits per heavy atom. The van der Waals surface area contributed by atoms with Crippen LogP contribution >= 0.6 is 15.9 Å². The van der Waals surface area contributed by atoms with Gasteiger partial charge in [0.2, 0.25) is 11.8 Å². The van der Waals surface area contributed by atoms with E-state index in [1.807, 2.05) is 12.1 Å². The molecule has 1 fully saturated rings. The Labute approximate surface area is 244 Å². The van der Waals surface area contributed by atoms with E-state index in [9.17, 15) is 18.0 Å². The van der Waals surface area contributed by atoms with E-state index in [1.54, 1.807) is 68.6 Å². The van der Waals surface area contributed by atoms with Crippen molar-refractivity contribution in [1.29, 1.82) is 0 Å². The van der Waals surface area contributed by atoms with E-state index in [0.717, 1.165) is 35.6 Å². The van der Waals surface area contributed by atoms with Gasteiger partial charge in [-0.25, -0.2) is 8.42 Å². The summed E-state index contributed by atoms with van der Waals surface area (Å²) in [5.74, 6) is -0.0820. The van der Waals surface area contributed by atoms with Gasteiger partial charge < -0.3 is 15.0 Å². The summed E-state index contributed by atoms with van der Waals surface area (Å²) in [6.45, 7) is 1.32. The maximum Gasteiger partial charge on any atom is 0.264 e. The van der Waals surface area contributed by atoms with Crippen LogP contribution in [0.15, 0.2) is 88.2 Å². The second kappa shape index (κ2) is 13.3. The average molecular weight is 629 g/mol. The number of carbonyl (C=O) groups is 2. The number of methoxy groups -OCH3 is 1. The third-order valence-electron chi connectivity index (χ3n) is 7.09. The molecule has 212 valence electrons. The van der Waals surface area contributed by atoms with Crippen molar-refractivity contribution in [3.63, 3.8) is 0 Å². The molecule has 8 nitrogen and oxygen atoms in total. The fraction of sp³-hybridized carbons (Fsp3) is 0.333. The Balaban J connectivity index is 1.67. The van der Waals surface area contributed by atoms with E-state index < -0.39 is 28.5 Å². The predicted molar refractivity (Wildman–Crippen MR) is 159 cm³/mol. The molecule has 0 radical (unpaired) electrons. The Kier molecular flexibility index (Phi) is 9.86. The van der Waals surface area contributed by atoms with Crippen LogP contribution in [-0.2, 0) is 26.2 Å². The molecule has 1 atom stereocenters. The standard InChI is InChI=1S/C30H34BrN3O5S/c1-22(30(36)32-25-10-6-7-11-25)33(20-23-15-17-27(39-2)18-16-23)29(35)21-34(26-12-8-9-24(31)19-26)40(37,38)28-13-4-3-5-14-28/h3-5,8-9,12-19,22,25H,6-7,10-11,20-21H2,1-2H3,(H,32,36)/t22-/m0/s1. The molecular formula is C30H34BrN3O5S. The molecule has 1 aliphatic carbocycles. The lowest BCUT2D eigenvalue weighted by Crippen LogP contribution is -2.52. The Hall–Kier alpha value is -3.37. The van der Waals surface area contributed by atoms with Gasteiger partial charge in [0.05, 0.1) is 17.7 Å². The first-order chi connectivity index (χ1) is 19.2. The van der Waals surface area contributed by atoms with Crippen LogP contribution in [0.4, 0.5) is 5.69 Å². The SMILES string of the molecule is COc1ccc(CN(C(=O)CN(c2cccc(Br)c2)S(=O)(=O)c2ccccc2)[C@@H](C)C(=O)NC2CCCC2)cc1. The summed E-state index contributed by atoms with van der Waals surface area (Å²) in [5, 5.41) is 3.08. The van der Waals surface area contributed by atoms with E-state index in [1.165, 1.54) is 17.0 Å². The predicted octanol–water partition coefficient (Wildman–Crippen LogP) is 5.13. The van der Waals surface area contributed by atoms with E-state index in [-0.39, 0.29) is 23.4 Å². The summed E-state index contributed by atoms with van der Waals surface area (Å²) < 4.78 is 34.6. The first kappa shape index (κ1) is 29.6. The van der Waals surface area contributed by atoms with E-state index in [0.29, 0.717) is 15.9 Å². The van der Waals surface area contributed by atoms with Gasteiger partial charge in [0, 0.05) is 17.1 Å². The molecule has 1 N–H and O–H groups in total. The average Bonchev–Trinajstić information content (AvgIpc) is 3.48. The molecule has 0 heterocycles. The van der Waals surface area contributed by atoms with E-state index >= 15 is 0 Å². The Morgan fingerprint density at radius 3 is 2.30 bits per heavy atom. The highest BCUT2D eigenvalue weighted by atomic mass is 79.9. The summed E-state index contributed by atoms with van der Waals surface area (Å²) in [5.41, 5.74) is 1.12. The fourth-order valence-corrected chi connectivity index (χ4v) is 6.60. The molecule has 2 amide bonds. The monoisotopic (exact) mass is 627 g/mol. The second-order valence-electron chi connectivity index (χ2n) is 9.84. The third kappa shape index (κ3) is 7.22. The summed E-state index contributed by atoms with van der Waals surface area (Å²) in [6, 6.07) is 21.3. The number of hydrogen-bond donors (Lipinski definition) is 1. The molecule has 4 rings (SSSR count). The quantitative estimate of drug-likeness (QED) is 0.318. The van der Waals surface area contributed by atoms with Crippen LogP contribution in [0, 0.1) is 0 Å². The maximum atomic E-state index is 14.0. The molecule has 40 heavy (non-hydrogen) atoms. The minimum absolute atomic E-state index is 0.0662. The molecule has 3 aromatic carbocycles. The number of nitrogens with one attached hydrogen (secondary N) is 1. The maximum absolute atomic E-state index is 14.0. The van der Waals surface area contributed by atoms with Crippen molar-refractivity contribution < 1.29 is 22.7 Å². The highest BCUT2D eigenvalue weighted by Crippen LogP contribution is 2.27. The van der Waals surface area contributed by atoms with Gasteiger partial charge in [-0.1, -0.05) is 65.2 Å². The number of halogens is 1. The molecule has 0 bridgehead atoms. The van der Waals surface area contributed by atoms with Crippen LogP contribution < -0.4 is 14.4 Å². The number of benzene rings is 3. The summed E-state index contributed by atoms with van der Waals surface area (Å²) in [6.07, 6.45) is 3.95. The molecule has 3 aromatic rings. The van der Waals surface area contributed by atoms with Gasteiger partial charge >= 0.3 is 0 Å². The van der Waals surface area contributed by atoms with Crippen molar-refractivity contribution in [2.24, 2.45) is 0 Å². The number of ether oxygens (including phenoxy) is 1. The highest BCUT2D eigenvalue weighted by molar-refractivity contribution is 9.10. The Morgan fingerprint density at radius 1 is 1.00 bits per heavy atom. The third-order valence-corrected chi connectivity index (χ3v) is 9.37. The minimum Gasteiger partial charge on any atom is -0.497 e. The molecule has 1 saturated carbocycles. The van der Waals surface area contributed by atoms with Gasteiger partial charge in [0.15, 0.2) is 0 Å². The van der Waals surface area contributed by atoms with Gasteiger partial charge in [-0.05, 0) is 67.8 Å². The number of rotatable bonds is 11. The number of nitrogens with zero attached hydrogens (tertiary/aromatic N) is 2. The van der Waals surface area contributed by atoms with Crippen molar-refractivity contribution >= 4 is 43.5 Å². The first-order valence-electron chi connectivity index (χ1n) is 13.2. The first-order valence-corrected chi connectivity index (χ1v) is 15.5. The van der Waals surface area contributed by atoms with Crippen molar-refractivity contribution in [2.45, 2.75) is 56.1 Å². The number of anilines is 1. The van der Waals surface area contributed by atoms with Crippen LogP contribution in [0.3, 0.4) is 0 Å². The molecule has 0 unspecified atom stereocenters. The van der Waals surface area contributed by atoms with Crippen LogP contribution in [-0.4, -0.2) is 50.9 Å². The Bertz CT molecular complexity index is 1410. The second-order valence-corrected chi connectivity index (χ2v) is 12.6. The highest BCUT2D eigenvalue weighted by Gasteiger charge is 2.33. The lowest BCUT2D eigenvalue weighted by Gasteiger charge is -2.32. The zero-order valence-corrected chi connectivity index (χ0v) is 25.0. The topological polar surface area (TPSA) is 96.0 Å². The fourth-order valence-electron chi connectivity index (χ4n) is 4.78.